The highest BCUT2D eigenvalue weighted by atomic mass is 32.2. The van der Waals surface area contributed by atoms with Gasteiger partial charge in [0.25, 0.3) is 15.9 Å². The summed E-state index contributed by atoms with van der Waals surface area (Å²) >= 11 is 1.25. The zero-order valence-electron chi connectivity index (χ0n) is 23.6. The van der Waals surface area contributed by atoms with E-state index in [0.29, 0.717) is 29.7 Å². The van der Waals surface area contributed by atoms with Crippen molar-refractivity contribution in [2.75, 3.05) is 0 Å². The monoisotopic (exact) mass is 585 g/mol. The van der Waals surface area contributed by atoms with E-state index in [2.05, 4.69) is 14.6 Å². The normalized spacial score (nSPS) is 20.4. The van der Waals surface area contributed by atoms with Crippen LogP contribution in [-0.4, -0.2) is 41.5 Å². The maximum atomic E-state index is 13.5. The maximum absolute atomic E-state index is 13.5. The van der Waals surface area contributed by atoms with Crippen LogP contribution in [-0.2, 0) is 21.4 Å². The van der Waals surface area contributed by atoms with Gasteiger partial charge < -0.3 is 15.0 Å². The number of aliphatic carboxylic acids is 1. The fourth-order valence-electron chi connectivity index (χ4n) is 6.03. The number of hydrogen-bond acceptors (Lipinski definition) is 5. The number of carbonyl (C=O) groups is 2. The van der Waals surface area contributed by atoms with Crippen molar-refractivity contribution in [3.8, 4) is 10.6 Å². The summed E-state index contributed by atoms with van der Waals surface area (Å²) in [6, 6.07) is 9.30. The fourth-order valence-corrected chi connectivity index (χ4v) is 9.24. The van der Waals surface area contributed by atoms with Crippen LogP contribution in [0.1, 0.15) is 81.8 Å². The van der Waals surface area contributed by atoms with Gasteiger partial charge in [0.2, 0.25) is 0 Å². The van der Waals surface area contributed by atoms with Crippen molar-refractivity contribution in [3.05, 3.63) is 41.6 Å². The van der Waals surface area contributed by atoms with Crippen LogP contribution in [0.3, 0.4) is 0 Å². The van der Waals surface area contributed by atoms with Crippen LogP contribution in [0.4, 0.5) is 0 Å². The van der Waals surface area contributed by atoms with Gasteiger partial charge in [-0.2, -0.15) is 0 Å². The van der Waals surface area contributed by atoms with Gasteiger partial charge in [-0.05, 0) is 65.4 Å². The molecule has 2 aliphatic rings. The van der Waals surface area contributed by atoms with E-state index in [9.17, 15) is 23.1 Å². The molecule has 5 rings (SSSR count). The van der Waals surface area contributed by atoms with E-state index >= 15 is 0 Å². The molecule has 216 valence electrons. The van der Waals surface area contributed by atoms with Crippen molar-refractivity contribution < 1.29 is 23.1 Å². The quantitative estimate of drug-likeness (QED) is 0.303. The predicted molar refractivity (Wildman–Crippen MR) is 158 cm³/mol. The van der Waals surface area contributed by atoms with Crippen molar-refractivity contribution in [1.82, 2.24) is 14.6 Å². The molecule has 0 unspecified atom stereocenters. The zero-order chi connectivity index (χ0) is 28.8. The molecule has 0 aliphatic heterocycles. The van der Waals surface area contributed by atoms with Gasteiger partial charge >= 0.3 is 5.97 Å². The molecule has 0 bridgehead atoms. The van der Waals surface area contributed by atoms with Crippen molar-refractivity contribution in [1.29, 1.82) is 0 Å². The molecule has 2 aliphatic carbocycles. The first kappa shape index (κ1) is 28.8. The topological polar surface area (TPSA) is 118 Å². The lowest BCUT2D eigenvalue weighted by Gasteiger charge is -2.32. The third-order valence-corrected chi connectivity index (χ3v) is 11.6. The Bertz CT molecular complexity index is 1530. The summed E-state index contributed by atoms with van der Waals surface area (Å²) < 4.78 is 32.3. The van der Waals surface area contributed by atoms with Crippen LogP contribution in [0, 0.1) is 18.8 Å². The minimum Gasteiger partial charge on any atom is -0.481 e. The van der Waals surface area contributed by atoms with Gasteiger partial charge in [0.1, 0.15) is 4.21 Å². The average Bonchev–Trinajstić information content (AvgIpc) is 3.39. The second-order valence-corrected chi connectivity index (χ2v) is 15.3. The number of sulfonamides is 1. The Kier molecular flexibility index (Phi) is 7.89. The number of hydrogen-bond donors (Lipinski definition) is 3. The highest BCUT2D eigenvalue weighted by molar-refractivity contribution is 7.92. The molecule has 2 saturated carbocycles. The number of benzene rings is 1. The predicted octanol–water partition coefficient (Wildman–Crippen LogP) is 5.93. The molecule has 2 aromatic heterocycles. The minimum absolute atomic E-state index is 0.152. The third-order valence-electron chi connectivity index (χ3n) is 8.10. The number of thiophene rings is 1. The van der Waals surface area contributed by atoms with E-state index in [4.69, 9.17) is 0 Å². The Balaban J connectivity index is 1.58. The SMILES string of the molecule is Cc1c(C(=O)NC2CC(C(=O)O)C2)cc(-c2sc(S(=O)(=O)NC(C)(C)C)c3ccccc23)n1CC1CCCCC1. The third kappa shape index (κ3) is 5.85. The second-order valence-electron chi connectivity index (χ2n) is 12.4. The lowest BCUT2D eigenvalue weighted by atomic mass is 9.80. The van der Waals surface area contributed by atoms with Gasteiger partial charge in [-0.25, -0.2) is 13.1 Å². The summed E-state index contributed by atoms with van der Waals surface area (Å²) in [6.45, 7) is 8.20. The zero-order valence-corrected chi connectivity index (χ0v) is 25.3. The average molecular weight is 586 g/mol. The summed E-state index contributed by atoms with van der Waals surface area (Å²) in [5.41, 5.74) is 1.62. The highest BCUT2D eigenvalue weighted by Gasteiger charge is 2.36. The first-order valence-corrected chi connectivity index (χ1v) is 16.4. The van der Waals surface area contributed by atoms with Crippen LogP contribution in [0.15, 0.2) is 34.5 Å². The Morgan fingerprint density at radius 2 is 1.73 bits per heavy atom. The molecule has 3 N–H and O–H groups in total. The van der Waals surface area contributed by atoms with Gasteiger partial charge in [-0.15, -0.1) is 11.3 Å². The molecule has 0 radical (unpaired) electrons. The van der Waals surface area contributed by atoms with E-state index in [1.54, 1.807) is 0 Å². The van der Waals surface area contributed by atoms with Gasteiger partial charge in [0.15, 0.2) is 0 Å². The van der Waals surface area contributed by atoms with E-state index < -0.39 is 27.4 Å². The minimum atomic E-state index is -3.78. The largest absolute Gasteiger partial charge is 0.481 e. The number of carbonyl (C=O) groups excluding carboxylic acids is 1. The molecule has 0 saturated heterocycles. The molecule has 10 heteroatoms. The molecule has 1 amide bonds. The van der Waals surface area contributed by atoms with E-state index in [1.807, 2.05) is 58.0 Å². The van der Waals surface area contributed by atoms with Crippen LogP contribution in [0.5, 0.6) is 0 Å². The molecule has 0 spiro atoms. The first-order chi connectivity index (χ1) is 18.8. The fraction of sp³-hybridized carbons (Fsp3) is 0.533. The Labute approximate surface area is 240 Å². The van der Waals surface area contributed by atoms with Gasteiger partial charge in [0, 0.05) is 34.6 Å². The summed E-state index contributed by atoms with van der Waals surface area (Å²) in [5.74, 6) is -0.941. The number of nitrogens with zero attached hydrogens (tertiary/aromatic N) is 1. The molecule has 3 aromatic rings. The molecule has 1 aromatic carbocycles. The van der Waals surface area contributed by atoms with Gasteiger partial charge in [-0.3, -0.25) is 9.59 Å². The van der Waals surface area contributed by atoms with Crippen molar-refractivity contribution in [3.63, 3.8) is 0 Å². The van der Waals surface area contributed by atoms with Crippen molar-refractivity contribution >= 4 is 44.0 Å². The van der Waals surface area contributed by atoms with Crippen molar-refractivity contribution in [2.45, 2.75) is 95.0 Å². The standard InChI is InChI=1S/C30H39N3O5S2/c1-18-24(27(34)31-21-14-20(15-21)28(35)36)16-25(33(18)17-19-10-6-5-7-11-19)26-22-12-8-9-13-23(22)29(39-26)40(37,38)32-30(2,3)4/h8-9,12-13,16,19-21,32H,5-7,10-11,14-15,17H2,1-4H3,(H,31,34)(H,35,36). The number of aromatic nitrogens is 1. The van der Waals surface area contributed by atoms with Crippen LogP contribution in [0.2, 0.25) is 0 Å². The lowest BCUT2D eigenvalue weighted by Crippen LogP contribution is -2.46. The molecule has 2 fully saturated rings. The summed E-state index contributed by atoms with van der Waals surface area (Å²) in [6.07, 6.45) is 6.79. The molecule has 40 heavy (non-hydrogen) atoms. The van der Waals surface area contributed by atoms with Gasteiger partial charge in [-0.1, -0.05) is 43.5 Å². The van der Waals surface area contributed by atoms with Crippen molar-refractivity contribution in [2.24, 2.45) is 11.8 Å². The highest BCUT2D eigenvalue weighted by Crippen LogP contribution is 2.43. The van der Waals surface area contributed by atoms with Crippen LogP contribution in [0.25, 0.3) is 21.3 Å². The Morgan fingerprint density at radius 1 is 1.07 bits per heavy atom. The first-order valence-electron chi connectivity index (χ1n) is 14.1. The Morgan fingerprint density at radius 3 is 2.35 bits per heavy atom. The molecular weight excluding hydrogens is 546 g/mol. The van der Waals surface area contributed by atoms with E-state index in [-0.39, 0.29) is 16.2 Å². The van der Waals surface area contributed by atoms with E-state index in [0.717, 1.165) is 41.0 Å². The lowest BCUT2D eigenvalue weighted by molar-refractivity contribution is -0.145. The molecular formula is C30H39N3O5S2. The number of nitrogens with one attached hydrogen (secondary N) is 2. The Hall–Kier alpha value is -2.69. The molecule has 8 nitrogen and oxygen atoms in total. The number of carboxylic acid groups (broad SMARTS) is 1. The van der Waals surface area contributed by atoms with Gasteiger partial charge in [0.05, 0.1) is 22.1 Å². The summed E-state index contributed by atoms with van der Waals surface area (Å²) in [4.78, 5) is 25.5. The summed E-state index contributed by atoms with van der Waals surface area (Å²) in [7, 11) is -3.78. The molecule has 0 atom stereocenters. The number of amides is 1. The number of fused-ring (bicyclic) bond motifs is 1. The maximum Gasteiger partial charge on any atom is 0.306 e. The number of carboxylic acids is 1. The second kappa shape index (κ2) is 10.9. The molecule has 2 heterocycles. The number of rotatable bonds is 8. The summed E-state index contributed by atoms with van der Waals surface area (Å²) in [5, 5.41) is 13.8. The van der Waals surface area contributed by atoms with E-state index in [1.165, 1.54) is 30.6 Å². The smallest absolute Gasteiger partial charge is 0.306 e. The van der Waals surface area contributed by atoms with Crippen LogP contribution < -0.4 is 10.0 Å². The van der Waals surface area contributed by atoms with Crippen LogP contribution >= 0.6 is 11.3 Å².